The third kappa shape index (κ3) is 3.20. The van der Waals surface area contributed by atoms with E-state index in [1.165, 1.54) is 12.1 Å². The summed E-state index contributed by atoms with van der Waals surface area (Å²) in [6, 6.07) is 8.71. The van der Waals surface area contributed by atoms with Crippen molar-refractivity contribution in [1.29, 1.82) is 0 Å². The smallest absolute Gasteiger partial charge is 0.170 e. The van der Waals surface area contributed by atoms with Crippen molar-refractivity contribution in [3.63, 3.8) is 0 Å². The predicted molar refractivity (Wildman–Crippen MR) is 78.1 cm³/mol. The first kappa shape index (κ1) is 14.6. The molecule has 0 aliphatic rings. The van der Waals surface area contributed by atoms with Crippen LogP contribution >= 0.6 is 27.5 Å². The number of ether oxygens (including phenoxy) is 1. The first-order valence-corrected chi connectivity index (χ1v) is 6.58. The maximum Gasteiger partial charge on any atom is 0.170 e. The summed E-state index contributed by atoms with van der Waals surface area (Å²) < 4.78 is 19.1. The zero-order valence-corrected chi connectivity index (χ0v) is 12.3. The van der Waals surface area contributed by atoms with E-state index in [-0.39, 0.29) is 10.9 Å². The monoisotopic (exact) mass is 358 g/mol. The second kappa shape index (κ2) is 6.11. The van der Waals surface area contributed by atoms with E-state index in [2.05, 4.69) is 21.1 Å². The quantitative estimate of drug-likeness (QED) is 0.375. The normalized spacial score (nSPS) is 11.4. The molecule has 0 bridgehead atoms. The summed E-state index contributed by atoms with van der Waals surface area (Å²) in [5.41, 5.74) is 6.01. The largest absolute Gasteiger partial charge is 0.455 e. The Hall–Kier alpha value is -1.79. The second-order valence-corrected chi connectivity index (χ2v) is 5.07. The molecule has 2 aromatic carbocycles. The lowest BCUT2D eigenvalue weighted by Gasteiger charge is -2.10. The lowest BCUT2D eigenvalue weighted by atomic mass is 10.2. The van der Waals surface area contributed by atoms with E-state index in [9.17, 15) is 4.39 Å². The Morgan fingerprint density at radius 3 is 2.55 bits per heavy atom. The van der Waals surface area contributed by atoms with Gasteiger partial charge in [-0.05, 0) is 52.3 Å². The molecule has 0 aliphatic heterocycles. The van der Waals surface area contributed by atoms with Crippen molar-refractivity contribution in [2.45, 2.75) is 0 Å². The summed E-state index contributed by atoms with van der Waals surface area (Å²) in [4.78, 5) is 0. The van der Waals surface area contributed by atoms with Gasteiger partial charge in [-0.3, -0.25) is 0 Å². The van der Waals surface area contributed by atoms with Gasteiger partial charge in [0.25, 0.3) is 0 Å². The molecule has 0 radical (unpaired) electrons. The van der Waals surface area contributed by atoms with E-state index in [0.29, 0.717) is 21.5 Å². The molecule has 104 valence electrons. The number of hydrogen-bond donors (Lipinski definition) is 2. The summed E-state index contributed by atoms with van der Waals surface area (Å²) in [6.07, 6.45) is 0. The van der Waals surface area contributed by atoms with Crippen molar-refractivity contribution in [3.8, 4) is 11.5 Å². The molecule has 0 amide bonds. The average Bonchev–Trinajstić information content (AvgIpc) is 2.42. The fourth-order valence-electron chi connectivity index (χ4n) is 1.48. The number of rotatable bonds is 3. The first-order chi connectivity index (χ1) is 9.51. The maximum absolute atomic E-state index is 12.9. The van der Waals surface area contributed by atoms with Gasteiger partial charge in [-0.25, -0.2) is 4.39 Å². The van der Waals surface area contributed by atoms with Gasteiger partial charge in [0, 0.05) is 5.56 Å². The summed E-state index contributed by atoms with van der Waals surface area (Å²) in [6.45, 7) is 0. The van der Waals surface area contributed by atoms with Gasteiger partial charge >= 0.3 is 0 Å². The number of amidine groups is 1. The molecule has 0 saturated carbocycles. The van der Waals surface area contributed by atoms with Gasteiger partial charge in [-0.1, -0.05) is 16.8 Å². The van der Waals surface area contributed by atoms with Crippen LogP contribution in [0.15, 0.2) is 46.0 Å². The fraction of sp³-hybridized carbons (Fsp3) is 0. The maximum atomic E-state index is 12.9. The molecule has 2 rings (SSSR count). The third-order valence-corrected chi connectivity index (χ3v) is 3.36. The highest BCUT2D eigenvalue weighted by Crippen LogP contribution is 2.34. The minimum absolute atomic E-state index is 0.0166. The van der Waals surface area contributed by atoms with E-state index < -0.39 is 5.82 Å². The van der Waals surface area contributed by atoms with E-state index in [0.717, 1.165) is 6.07 Å². The predicted octanol–water partition coefficient (Wildman–Crippen LogP) is 4.13. The highest BCUT2D eigenvalue weighted by Gasteiger charge is 2.09. The van der Waals surface area contributed by atoms with Crippen LogP contribution < -0.4 is 10.5 Å². The van der Waals surface area contributed by atoms with Gasteiger partial charge in [0.1, 0.15) is 17.3 Å². The van der Waals surface area contributed by atoms with Crippen LogP contribution in [-0.4, -0.2) is 11.0 Å². The Bertz CT molecular complexity index is 679. The second-order valence-electron chi connectivity index (χ2n) is 3.81. The highest BCUT2D eigenvalue weighted by atomic mass is 79.9. The topological polar surface area (TPSA) is 67.8 Å². The molecular formula is C13H9BrClFN2O2. The Morgan fingerprint density at radius 1 is 1.25 bits per heavy atom. The van der Waals surface area contributed by atoms with Crippen molar-refractivity contribution in [3.05, 3.63) is 57.3 Å². The number of hydrogen-bond acceptors (Lipinski definition) is 3. The number of nitrogens with two attached hydrogens (primary N) is 1. The SMILES string of the molecule is N/C(=N/O)c1ccc(Oc2ccc(F)cc2Cl)c(Br)c1. The lowest BCUT2D eigenvalue weighted by Crippen LogP contribution is -2.12. The standard InChI is InChI=1S/C13H9BrClFN2O2/c14-9-5-7(13(17)18-19)1-3-11(9)20-12-4-2-8(16)6-10(12)15/h1-6,19H,(H2,17,18). The van der Waals surface area contributed by atoms with Crippen molar-refractivity contribution in [2.75, 3.05) is 0 Å². The van der Waals surface area contributed by atoms with Crippen LogP contribution in [0.3, 0.4) is 0 Å². The van der Waals surface area contributed by atoms with Gasteiger partial charge in [0.15, 0.2) is 5.84 Å². The molecule has 0 unspecified atom stereocenters. The molecule has 3 N–H and O–H groups in total. The molecule has 20 heavy (non-hydrogen) atoms. The molecule has 4 nitrogen and oxygen atoms in total. The molecule has 0 atom stereocenters. The third-order valence-electron chi connectivity index (χ3n) is 2.45. The molecule has 0 aromatic heterocycles. The Kier molecular flexibility index (Phi) is 4.46. The number of benzene rings is 2. The van der Waals surface area contributed by atoms with Gasteiger partial charge in [-0.2, -0.15) is 0 Å². The van der Waals surface area contributed by atoms with E-state index in [1.54, 1.807) is 18.2 Å². The van der Waals surface area contributed by atoms with E-state index >= 15 is 0 Å². The van der Waals surface area contributed by atoms with E-state index in [1.807, 2.05) is 0 Å². The summed E-state index contributed by atoms with van der Waals surface area (Å²) in [5, 5.41) is 11.7. The molecule has 0 fully saturated rings. The van der Waals surface area contributed by atoms with Crippen molar-refractivity contribution in [2.24, 2.45) is 10.9 Å². The zero-order chi connectivity index (χ0) is 14.7. The van der Waals surface area contributed by atoms with Crippen molar-refractivity contribution in [1.82, 2.24) is 0 Å². The molecule has 2 aromatic rings. The van der Waals surface area contributed by atoms with Crippen molar-refractivity contribution >= 4 is 33.4 Å². The Balaban J connectivity index is 2.30. The summed E-state index contributed by atoms with van der Waals surface area (Å²) in [5.74, 6) is 0.332. The van der Waals surface area contributed by atoms with Crippen LogP contribution in [0, 0.1) is 5.82 Å². The molecular weight excluding hydrogens is 351 g/mol. The van der Waals surface area contributed by atoms with Crippen LogP contribution in [0.1, 0.15) is 5.56 Å². The summed E-state index contributed by atoms with van der Waals surface area (Å²) in [7, 11) is 0. The number of halogens is 3. The molecule has 0 heterocycles. The van der Waals surface area contributed by atoms with Crippen molar-refractivity contribution < 1.29 is 14.3 Å². The summed E-state index contributed by atoms with van der Waals surface area (Å²) >= 11 is 9.19. The minimum Gasteiger partial charge on any atom is -0.455 e. The highest BCUT2D eigenvalue weighted by molar-refractivity contribution is 9.10. The average molecular weight is 360 g/mol. The van der Waals surface area contributed by atoms with Gasteiger partial charge in [0.2, 0.25) is 0 Å². The van der Waals surface area contributed by atoms with E-state index in [4.69, 9.17) is 27.3 Å². The molecule has 0 spiro atoms. The number of nitrogens with zero attached hydrogens (tertiary/aromatic N) is 1. The molecule has 0 aliphatic carbocycles. The van der Waals surface area contributed by atoms with Gasteiger partial charge in [0.05, 0.1) is 9.50 Å². The fourth-order valence-corrected chi connectivity index (χ4v) is 2.14. The Morgan fingerprint density at radius 2 is 1.95 bits per heavy atom. The minimum atomic E-state index is -0.441. The lowest BCUT2D eigenvalue weighted by molar-refractivity contribution is 0.318. The van der Waals surface area contributed by atoms with Crippen LogP contribution in [0.2, 0.25) is 5.02 Å². The molecule has 7 heteroatoms. The van der Waals surface area contributed by atoms with Crippen LogP contribution in [0.4, 0.5) is 4.39 Å². The Labute approximate surface area is 127 Å². The van der Waals surface area contributed by atoms with Gasteiger partial charge < -0.3 is 15.7 Å². The first-order valence-electron chi connectivity index (χ1n) is 5.41. The van der Waals surface area contributed by atoms with Crippen LogP contribution in [0.5, 0.6) is 11.5 Å². The number of oxime groups is 1. The molecule has 0 saturated heterocycles. The zero-order valence-electron chi connectivity index (χ0n) is 9.98. The van der Waals surface area contributed by atoms with Crippen LogP contribution in [-0.2, 0) is 0 Å². The van der Waals surface area contributed by atoms with Crippen LogP contribution in [0.25, 0.3) is 0 Å². The van der Waals surface area contributed by atoms with Gasteiger partial charge in [-0.15, -0.1) is 0 Å².